The molecule has 4 heteroatoms. The minimum atomic E-state index is 0.400. The van der Waals surface area contributed by atoms with Gasteiger partial charge in [-0.3, -0.25) is 3.59 Å². The topological polar surface area (TPSA) is 29.9 Å². The van der Waals surface area contributed by atoms with Crippen LogP contribution in [-0.2, 0) is 0 Å². The second kappa shape index (κ2) is 3.61. The average Bonchev–Trinajstić information content (AvgIpc) is 2.87. The molecule has 1 atom stereocenters. The zero-order valence-corrected chi connectivity index (χ0v) is 9.87. The molecule has 1 saturated heterocycles. The Morgan fingerprint density at radius 1 is 1.40 bits per heavy atom. The predicted octanol–water partition coefficient (Wildman–Crippen LogP) is 2.62. The van der Waals surface area contributed by atoms with Crippen LogP contribution in [0.3, 0.4) is 0 Å². The standard InChI is InChI=1S/C11H12BrN3/c12-15-10-6-2-1-4-8(10)14-11(15)9-5-3-7-13-9/h1-2,4,6,9,13H,3,5,7H2. The number of imidazole rings is 1. The Morgan fingerprint density at radius 3 is 3.00 bits per heavy atom. The van der Waals surface area contributed by atoms with Gasteiger partial charge in [0.15, 0.2) is 0 Å². The number of hydrogen-bond acceptors (Lipinski definition) is 2. The van der Waals surface area contributed by atoms with E-state index in [1.807, 2.05) is 21.8 Å². The molecule has 0 bridgehead atoms. The molecule has 1 aromatic heterocycles. The summed E-state index contributed by atoms with van der Waals surface area (Å²) in [6.45, 7) is 1.10. The van der Waals surface area contributed by atoms with Crippen molar-refractivity contribution in [3.8, 4) is 0 Å². The van der Waals surface area contributed by atoms with Gasteiger partial charge in [0.25, 0.3) is 0 Å². The summed E-state index contributed by atoms with van der Waals surface area (Å²) in [6.07, 6.45) is 2.41. The molecule has 2 aromatic rings. The molecule has 0 spiro atoms. The molecule has 2 heterocycles. The largest absolute Gasteiger partial charge is 0.307 e. The molecule has 0 saturated carbocycles. The van der Waals surface area contributed by atoms with E-state index in [1.165, 1.54) is 12.8 Å². The number of halogens is 1. The van der Waals surface area contributed by atoms with E-state index in [2.05, 4.69) is 32.5 Å². The van der Waals surface area contributed by atoms with Gasteiger partial charge in [0, 0.05) is 0 Å². The van der Waals surface area contributed by atoms with Crippen molar-refractivity contribution in [3.05, 3.63) is 30.1 Å². The lowest BCUT2D eigenvalue weighted by atomic mass is 10.2. The Morgan fingerprint density at radius 2 is 2.27 bits per heavy atom. The molecule has 0 radical (unpaired) electrons. The maximum atomic E-state index is 4.65. The number of benzene rings is 1. The highest BCUT2D eigenvalue weighted by atomic mass is 79.9. The third-order valence-corrected chi connectivity index (χ3v) is 3.65. The lowest BCUT2D eigenvalue weighted by molar-refractivity contribution is 0.610. The minimum absolute atomic E-state index is 0.400. The van der Waals surface area contributed by atoms with E-state index < -0.39 is 0 Å². The fourth-order valence-electron chi connectivity index (χ4n) is 2.14. The van der Waals surface area contributed by atoms with Crippen LogP contribution in [0, 0.1) is 0 Å². The summed E-state index contributed by atoms with van der Waals surface area (Å²) in [5.74, 6) is 1.09. The van der Waals surface area contributed by atoms with E-state index in [0.29, 0.717) is 6.04 Å². The maximum absolute atomic E-state index is 4.65. The van der Waals surface area contributed by atoms with Gasteiger partial charge in [0.2, 0.25) is 0 Å². The number of nitrogens with zero attached hydrogens (tertiary/aromatic N) is 2. The van der Waals surface area contributed by atoms with Crippen LogP contribution in [0.1, 0.15) is 24.7 Å². The van der Waals surface area contributed by atoms with Gasteiger partial charge >= 0.3 is 0 Å². The highest BCUT2D eigenvalue weighted by Crippen LogP contribution is 2.27. The second-order valence-electron chi connectivity index (χ2n) is 3.89. The molecule has 1 unspecified atom stereocenters. The second-order valence-corrected chi connectivity index (χ2v) is 4.60. The van der Waals surface area contributed by atoms with Gasteiger partial charge in [0.05, 0.1) is 33.2 Å². The highest BCUT2D eigenvalue weighted by molar-refractivity contribution is 9.08. The minimum Gasteiger partial charge on any atom is -0.307 e. The number of rotatable bonds is 1. The molecule has 1 aliphatic rings. The molecule has 78 valence electrons. The summed E-state index contributed by atoms with van der Waals surface area (Å²) in [6, 6.07) is 8.58. The number of para-hydroxylation sites is 2. The third-order valence-electron chi connectivity index (χ3n) is 2.90. The zero-order chi connectivity index (χ0) is 10.3. The summed E-state index contributed by atoms with van der Waals surface area (Å²) in [5, 5.41) is 3.46. The molecule has 1 aliphatic heterocycles. The van der Waals surface area contributed by atoms with Crippen molar-refractivity contribution >= 4 is 27.2 Å². The van der Waals surface area contributed by atoms with Crippen LogP contribution >= 0.6 is 16.1 Å². The smallest absolute Gasteiger partial charge is 0.137 e. The summed E-state index contributed by atoms with van der Waals surface area (Å²) >= 11 is 3.58. The highest BCUT2D eigenvalue weighted by Gasteiger charge is 2.22. The average molecular weight is 266 g/mol. The quantitative estimate of drug-likeness (QED) is 0.859. The Balaban J connectivity index is 2.14. The number of aromatic nitrogens is 2. The van der Waals surface area contributed by atoms with Gasteiger partial charge in [-0.15, -0.1) is 0 Å². The fraction of sp³-hybridized carbons (Fsp3) is 0.364. The van der Waals surface area contributed by atoms with Crippen molar-refractivity contribution in [1.29, 1.82) is 0 Å². The molecular formula is C11H12BrN3. The lowest BCUT2D eigenvalue weighted by Crippen LogP contribution is -2.15. The van der Waals surface area contributed by atoms with Crippen LogP contribution in [0.5, 0.6) is 0 Å². The van der Waals surface area contributed by atoms with E-state index >= 15 is 0 Å². The first kappa shape index (κ1) is 9.36. The first-order valence-corrected chi connectivity index (χ1v) is 5.94. The van der Waals surface area contributed by atoms with Crippen LogP contribution in [0.2, 0.25) is 0 Å². The van der Waals surface area contributed by atoms with E-state index in [9.17, 15) is 0 Å². The molecule has 1 N–H and O–H groups in total. The lowest BCUT2D eigenvalue weighted by Gasteiger charge is -2.07. The Bertz CT molecular complexity index is 486. The molecule has 1 fully saturated rings. The summed E-state index contributed by atoms with van der Waals surface area (Å²) < 4.78 is 2.02. The van der Waals surface area contributed by atoms with Crippen LogP contribution in [0.4, 0.5) is 0 Å². The molecular weight excluding hydrogens is 254 g/mol. The Hall–Kier alpha value is -0.870. The summed E-state index contributed by atoms with van der Waals surface area (Å²) in [4.78, 5) is 4.65. The van der Waals surface area contributed by atoms with Gasteiger partial charge < -0.3 is 5.32 Å². The normalized spacial score (nSPS) is 21.3. The van der Waals surface area contributed by atoms with E-state index in [4.69, 9.17) is 0 Å². The molecule has 0 aliphatic carbocycles. The number of nitrogens with one attached hydrogen (secondary N) is 1. The zero-order valence-electron chi connectivity index (χ0n) is 8.28. The Kier molecular flexibility index (Phi) is 2.25. The Labute approximate surface area is 96.8 Å². The van der Waals surface area contributed by atoms with E-state index in [-0.39, 0.29) is 0 Å². The fourth-order valence-corrected chi connectivity index (χ4v) is 2.76. The first-order valence-electron chi connectivity index (χ1n) is 5.23. The van der Waals surface area contributed by atoms with E-state index in [1.54, 1.807) is 0 Å². The van der Waals surface area contributed by atoms with Gasteiger partial charge in [-0.25, -0.2) is 4.98 Å². The van der Waals surface area contributed by atoms with Crippen LogP contribution < -0.4 is 5.32 Å². The molecule has 3 rings (SSSR count). The van der Waals surface area contributed by atoms with Crippen molar-refractivity contribution in [1.82, 2.24) is 13.9 Å². The van der Waals surface area contributed by atoms with Crippen LogP contribution in [-0.4, -0.2) is 15.1 Å². The van der Waals surface area contributed by atoms with Crippen molar-refractivity contribution in [2.24, 2.45) is 0 Å². The SMILES string of the molecule is Brn1c(C2CCCN2)nc2ccccc21. The van der Waals surface area contributed by atoms with Crippen molar-refractivity contribution in [3.63, 3.8) is 0 Å². The van der Waals surface area contributed by atoms with Crippen molar-refractivity contribution in [2.75, 3.05) is 6.54 Å². The monoisotopic (exact) mass is 265 g/mol. The van der Waals surface area contributed by atoms with E-state index in [0.717, 1.165) is 23.4 Å². The predicted molar refractivity (Wildman–Crippen MR) is 64.0 cm³/mol. The van der Waals surface area contributed by atoms with Gasteiger partial charge in [0.1, 0.15) is 5.82 Å². The van der Waals surface area contributed by atoms with Gasteiger partial charge in [-0.05, 0) is 31.5 Å². The number of fused-ring (bicyclic) bond motifs is 1. The molecule has 1 aromatic carbocycles. The summed E-state index contributed by atoms with van der Waals surface area (Å²) in [5.41, 5.74) is 2.19. The number of hydrogen-bond donors (Lipinski definition) is 1. The maximum Gasteiger partial charge on any atom is 0.137 e. The van der Waals surface area contributed by atoms with Crippen molar-refractivity contribution < 1.29 is 0 Å². The first-order chi connectivity index (χ1) is 7.36. The van der Waals surface area contributed by atoms with Crippen molar-refractivity contribution in [2.45, 2.75) is 18.9 Å². The third kappa shape index (κ3) is 1.48. The molecule has 3 nitrogen and oxygen atoms in total. The van der Waals surface area contributed by atoms with Gasteiger partial charge in [-0.2, -0.15) is 0 Å². The summed E-state index contributed by atoms with van der Waals surface area (Å²) in [7, 11) is 0. The molecule has 15 heavy (non-hydrogen) atoms. The van der Waals surface area contributed by atoms with Crippen LogP contribution in [0.15, 0.2) is 24.3 Å². The molecule has 0 amide bonds. The van der Waals surface area contributed by atoms with Gasteiger partial charge in [-0.1, -0.05) is 12.1 Å². The van der Waals surface area contributed by atoms with Crippen LogP contribution in [0.25, 0.3) is 11.0 Å².